The number of ether oxygens (including phenoxy) is 10. The maximum absolute atomic E-state index is 14.9. The standard InChI is InChI=1S/C98H168N10O25S3.CH4/c1-16-28-79(70-134-14)102-132-61-59-130-57-55-128-53-51-126-49-47-124-45-35-86(111)100-39-43-106(44-40-101-87(112)36-46-125-48-50-127-52-54-129-56-58-131-60-62-133-103-80(29-17-2)71-135-15)90(115)33-24-20-26-38-99-88(113)37-63-136-85-68-92(117)108(97(85)119)41-27-21-25-32-89(114)104(10)93(73(6)7)83(110)66-81(72(4)5)96(118)105(11)94(74(8)18-3)84(122-12)67-91(116)107-42-34-77(69-107)95(123-13)75(9)82(109)65-78(98(120)121)64-76-30-22-19-23-31-76;/h19,22-23,30-31,72-75,77-78,81,84-85,93-95H,16-18,20-21,24-29,32-71H2,1-15H3,(H,99,113)(H,100,111)(H,101,112)(H,120,121);1H4/b102-79-,103-80+;/t74-,75-,77+,78+,81?,84+,85?,93-,94-,95+;/m0./s1. The van der Waals surface area contributed by atoms with Crippen molar-refractivity contribution in [1.82, 2.24) is 40.4 Å². The number of carbonyl (C=O) groups is 12. The first-order chi connectivity index (χ1) is 65.5. The van der Waals surface area contributed by atoms with Crippen molar-refractivity contribution >= 4 is 117 Å². The lowest BCUT2D eigenvalue weighted by Crippen LogP contribution is -2.53. The number of imide groups is 1. The molecular weight excluding hydrogens is 1830 g/mol. The molecule has 2 unspecified atom stereocenters. The van der Waals surface area contributed by atoms with E-state index in [9.17, 15) is 62.6 Å². The number of nitrogens with one attached hydrogen (secondary N) is 3. The second-order valence-electron chi connectivity index (χ2n) is 35.3. The van der Waals surface area contributed by atoms with Gasteiger partial charge in [-0.05, 0) is 87.2 Å². The van der Waals surface area contributed by atoms with Gasteiger partial charge in [0.1, 0.15) is 19.0 Å². The van der Waals surface area contributed by atoms with Crippen molar-refractivity contribution in [3.05, 3.63) is 35.9 Å². The number of amides is 9. The predicted octanol–water partition coefficient (Wildman–Crippen LogP) is 10.6. The fraction of sp³-hybridized carbons (Fsp3) is 0.798. The number of nitrogens with zero attached hydrogens (tertiary/aromatic N) is 7. The fourth-order valence-electron chi connectivity index (χ4n) is 16.3. The zero-order chi connectivity index (χ0) is 100. The Bertz CT molecular complexity index is 3530. The molecule has 10 atom stereocenters. The summed E-state index contributed by atoms with van der Waals surface area (Å²) >= 11 is 4.69. The smallest absolute Gasteiger partial charge is 0.307 e. The highest BCUT2D eigenvalue weighted by molar-refractivity contribution is 8.00. The number of likely N-dealkylation sites (N-methyl/N-ethyl adjacent to an activating group) is 2. The van der Waals surface area contributed by atoms with Crippen LogP contribution >= 0.6 is 35.3 Å². The molecule has 0 aromatic heterocycles. The molecule has 0 bridgehead atoms. The minimum atomic E-state index is -1.05. The SMILES string of the molecule is C.CCC/C(CSC)=N/OCCOCCOCCOCCOCCC(=O)NCCN(CCNC(=O)CCOCCOCCOCCOCCO/N=C(\CCC)CSC)C(=O)CCCCCNC(=O)CCSC1CC(=O)N(CCCCCC(=O)N(C)[C@H](C(=O)CC(C(=O)N(C)[C@@H]([C@@H](C)CC)[C@@H](CC(=O)N2CC[C@@H]([C@H](OC)[C@@H](C)C(=O)C[C@@H](Cc3ccccc3)C(=O)O)C2)OC)C(C)C)C(C)C)C1=O. The number of benzene rings is 1. The summed E-state index contributed by atoms with van der Waals surface area (Å²) in [4.78, 5) is 181. The lowest BCUT2D eigenvalue weighted by atomic mass is 9.83. The van der Waals surface area contributed by atoms with Gasteiger partial charge in [-0.3, -0.25) is 62.4 Å². The minimum Gasteiger partial charge on any atom is -0.481 e. The number of likely N-dealkylation sites (tertiary alicyclic amines) is 2. The maximum Gasteiger partial charge on any atom is 0.307 e. The van der Waals surface area contributed by atoms with Gasteiger partial charge in [-0.2, -0.15) is 23.5 Å². The van der Waals surface area contributed by atoms with Gasteiger partial charge in [0.05, 0.1) is 159 Å². The fourth-order valence-corrected chi connectivity index (χ4v) is 18.4. The molecule has 0 aliphatic carbocycles. The van der Waals surface area contributed by atoms with E-state index in [4.69, 9.17) is 57.0 Å². The van der Waals surface area contributed by atoms with Crippen LogP contribution in [0.4, 0.5) is 0 Å². The van der Waals surface area contributed by atoms with Crippen LogP contribution in [0.25, 0.3) is 0 Å². The van der Waals surface area contributed by atoms with Crippen LogP contribution in [0.2, 0.25) is 0 Å². The van der Waals surface area contributed by atoms with Gasteiger partial charge >= 0.3 is 5.97 Å². The molecule has 2 aliphatic rings. The summed E-state index contributed by atoms with van der Waals surface area (Å²) < 4.78 is 56.6. The molecule has 1 aromatic carbocycles. The highest BCUT2D eigenvalue weighted by Gasteiger charge is 2.44. The summed E-state index contributed by atoms with van der Waals surface area (Å²) in [6.45, 7) is 25.9. The van der Waals surface area contributed by atoms with Crippen molar-refractivity contribution in [1.29, 1.82) is 0 Å². The molecule has 3 rings (SSSR count). The van der Waals surface area contributed by atoms with Crippen LogP contribution in [0.5, 0.6) is 0 Å². The zero-order valence-electron chi connectivity index (χ0n) is 84.5. The van der Waals surface area contributed by atoms with E-state index in [1.807, 2.05) is 84.4 Å². The molecule has 137 heavy (non-hydrogen) atoms. The number of ketones is 2. The number of Topliss-reactive ketones (excluding diaryl/α,β-unsaturated/α-hetero) is 2. The Morgan fingerprint density at radius 2 is 1.04 bits per heavy atom. The Labute approximate surface area is 830 Å². The zero-order valence-corrected chi connectivity index (χ0v) is 86.9. The number of hydrogen-bond donors (Lipinski definition) is 4. The van der Waals surface area contributed by atoms with Gasteiger partial charge in [0.15, 0.2) is 5.78 Å². The number of carbonyl (C=O) groups excluding carboxylic acids is 11. The van der Waals surface area contributed by atoms with E-state index in [2.05, 4.69) is 40.1 Å². The predicted molar refractivity (Wildman–Crippen MR) is 537 cm³/mol. The van der Waals surface area contributed by atoms with E-state index < -0.39 is 53.3 Å². The van der Waals surface area contributed by atoms with Crippen LogP contribution in [0, 0.1) is 41.4 Å². The molecule has 38 heteroatoms. The van der Waals surface area contributed by atoms with Gasteiger partial charge in [0.25, 0.3) is 0 Å². The summed E-state index contributed by atoms with van der Waals surface area (Å²) in [6, 6.07) is 7.81. The van der Waals surface area contributed by atoms with Crippen LogP contribution in [0.1, 0.15) is 210 Å². The number of carboxylic acids is 1. The third-order valence-corrected chi connectivity index (χ3v) is 26.5. The Kier molecular flexibility index (Phi) is 71.5. The molecule has 2 saturated heterocycles. The number of hydrogen-bond acceptors (Lipinski definition) is 29. The number of methoxy groups -OCH3 is 2. The number of aliphatic carboxylic acids is 1. The Morgan fingerprint density at radius 3 is 1.51 bits per heavy atom. The van der Waals surface area contributed by atoms with Crippen molar-refractivity contribution < 1.29 is 120 Å². The van der Waals surface area contributed by atoms with Crippen molar-refractivity contribution in [2.45, 2.75) is 241 Å². The van der Waals surface area contributed by atoms with Gasteiger partial charge in [0.2, 0.25) is 53.2 Å². The second kappa shape index (κ2) is 77.7. The molecule has 4 N–H and O–H groups in total. The van der Waals surface area contributed by atoms with E-state index in [-0.39, 0.29) is 219 Å². The highest BCUT2D eigenvalue weighted by Crippen LogP contribution is 2.33. The van der Waals surface area contributed by atoms with Gasteiger partial charge in [0, 0.05) is 167 Å². The third kappa shape index (κ3) is 53.6. The Morgan fingerprint density at radius 1 is 0.547 bits per heavy atom. The quantitative estimate of drug-likeness (QED) is 0.0204. The molecule has 0 radical (unpaired) electrons. The van der Waals surface area contributed by atoms with Crippen molar-refractivity contribution in [3.8, 4) is 0 Å². The summed E-state index contributed by atoms with van der Waals surface area (Å²) in [5.74, 6) is -4.88. The largest absolute Gasteiger partial charge is 0.481 e. The van der Waals surface area contributed by atoms with Gasteiger partial charge in [-0.25, -0.2) is 0 Å². The number of oxime groups is 2. The molecule has 786 valence electrons. The summed E-state index contributed by atoms with van der Waals surface area (Å²) in [5.41, 5.74) is 2.90. The van der Waals surface area contributed by atoms with E-state index >= 15 is 0 Å². The highest BCUT2D eigenvalue weighted by atomic mass is 32.2. The van der Waals surface area contributed by atoms with E-state index in [1.54, 1.807) is 59.2 Å². The summed E-state index contributed by atoms with van der Waals surface area (Å²) in [7, 11) is 6.35. The van der Waals surface area contributed by atoms with Gasteiger partial charge in [-0.1, -0.05) is 142 Å². The number of thioether (sulfide) groups is 3. The summed E-state index contributed by atoms with van der Waals surface area (Å²) in [6.07, 6.45) is 11.6. The molecule has 2 heterocycles. The molecule has 2 aliphatic heterocycles. The normalized spacial score (nSPS) is 15.8. The molecule has 1 aromatic rings. The van der Waals surface area contributed by atoms with Crippen molar-refractivity contribution in [2.24, 2.45) is 51.7 Å². The average molecular weight is 2000 g/mol. The van der Waals surface area contributed by atoms with Gasteiger partial charge < -0.3 is 97.7 Å². The van der Waals surface area contributed by atoms with Crippen molar-refractivity contribution in [3.63, 3.8) is 0 Å². The molecule has 35 nitrogen and oxygen atoms in total. The molecule has 9 amide bonds. The Hall–Kier alpha value is -6.95. The average Bonchev–Trinajstić information content (AvgIpc) is 1.58. The molecular formula is C99H172N10O25S3. The lowest BCUT2D eigenvalue weighted by Gasteiger charge is -2.40. The van der Waals surface area contributed by atoms with Crippen LogP contribution in [-0.4, -0.2) is 371 Å². The number of unbranched alkanes of at least 4 members (excludes halogenated alkanes) is 4. The topological polar surface area (TPSA) is 413 Å². The van der Waals surface area contributed by atoms with Crippen LogP contribution in [0.15, 0.2) is 40.6 Å². The van der Waals surface area contributed by atoms with Crippen LogP contribution < -0.4 is 16.0 Å². The second-order valence-corrected chi connectivity index (χ2v) is 38.3. The van der Waals surface area contributed by atoms with Gasteiger partial charge in [-0.15, -0.1) is 11.8 Å². The Balaban J connectivity index is 0.0000635. The maximum atomic E-state index is 14.9. The van der Waals surface area contributed by atoms with Crippen LogP contribution in [0.3, 0.4) is 0 Å². The number of carboxylic acid groups (broad SMARTS) is 1. The van der Waals surface area contributed by atoms with Crippen molar-refractivity contribution in [2.75, 3.05) is 229 Å². The van der Waals surface area contributed by atoms with E-state index in [0.717, 1.165) is 54.2 Å². The summed E-state index contributed by atoms with van der Waals surface area (Å²) in [5, 5.41) is 26.5. The monoisotopic (exact) mass is 2000 g/mol. The van der Waals surface area contributed by atoms with Crippen LogP contribution in [-0.2, 0) is 121 Å². The third-order valence-electron chi connectivity index (χ3n) is 24.0. The first-order valence-electron chi connectivity index (χ1n) is 49.2. The first kappa shape index (κ1) is 126. The first-order valence-corrected chi connectivity index (χ1v) is 53.0. The number of rotatable bonds is 85. The van der Waals surface area contributed by atoms with E-state index in [1.165, 1.54) is 35.8 Å². The minimum absolute atomic E-state index is 0. The molecule has 2 fully saturated rings. The molecule has 0 saturated carbocycles. The van der Waals surface area contributed by atoms with E-state index in [0.29, 0.717) is 169 Å². The lowest BCUT2D eigenvalue weighted by molar-refractivity contribution is -0.148. The molecule has 0 spiro atoms.